The number of fused-ring (bicyclic) bond motifs is 1. The standard InChI is InChI=1S/C26H28N6O2/c1-4-26(2,21-7-5-6-19-20(25(34)27-3)9-11-29-24(19)21)15-30-23-13-22(31-16-32-23)17-8-10-28-18(12-17)14-33/h5-13,16,33H,4,14-15H2,1-3H3,(H,27,34)(H,30,31,32)/t26-/m1/s1. The summed E-state index contributed by atoms with van der Waals surface area (Å²) in [5, 5.41) is 16.4. The molecular formula is C26H28N6O2. The maximum Gasteiger partial charge on any atom is 0.251 e. The van der Waals surface area contributed by atoms with E-state index < -0.39 is 0 Å². The molecule has 1 aromatic carbocycles. The number of nitrogens with one attached hydrogen (secondary N) is 2. The summed E-state index contributed by atoms with van der Waals surface area (Å²) in [5.41, 5.74) is 4.44. The van der Waals surface area contributed by atoms with Crippen LogP contribution in [0, 0.1) is 0 Å². The fraction of sp³-hybridized carbons (Fsp3) is 0.269. The average Bonchev–Trinajstić information content (AvgIpc) is 2.90. The Kier molecular flexibility index (Phi) is 6.79. The Hall–Kier alpha value is -3.91. The highest BCUT2D eigenvalue weighted by atomic mass is 16.3. The quantitative estimate of drug-likeness (QED) is 0.370. The minimum Gasteiger partial charge on any atom is -0.390 e. The van der Waals surface area contributed by atoms with E-state index in [-0.39, 0.29) is 17.9 Å². The van der Waals surface area contributed by atoms with Crippen LogP contribution in [0.25, 0.3) is 22.2 Å². The lowest BCUT2D eigenvalue weighted by atomic mass is 9.78. The van der Waals surface area contributed by atoms with Crippen molar-refractivity contribution in [2.45, 2.75) is 32.3 Å². The van der Waals surface area contributed by atoms with E-state index in [1.54, 1.807) is 25.5 Å². The number of hydrogen-bond donors (Lipinski definition) is 3. The van der Waals surface area contributed by atoms with Crippen LogP contribution >= 0.6 is 0 Å². The monoisotopic (exact) mass is 456 g/mol. The molecule has 0 unspecified atom stereocenters. The number of aliphatic hydroxyl groups excluding tert-OH is 1. The number of hydrogen-bond acceptors (Lipinski definition) is 7. The third-order valence-corrected chi connectivity index (χ3v) is 6.27. The van der Waals surface area contributed by atoms with E-state index in [0.717, 1.165) is 34.1 Å². The number of aliphatic hydroxyl groups is 1. The summed E-state index contributed by atoms with van der Waals surface area (Å²) in [5.74, 6) is 0.571. The normalized spacial score (nSPS) is 12.8. The van der Waals surface area contributed by atoms with Gasteiger partial charge in [0.25, 0.3) is 5.91 Å². The molecule has 0 aliphatic carbocycles. The number of anilines is 1. The Morgan fingerprint density at radius 3 is 2.65 bits per heavy atom. The first-order valence-corrected chi connectivity index (χ1v) is 11.2. The molecule has 0 fully saturated rings. The van der Waals surface area contributed by atoms with Gasteiger partial charge in [-0.05, 0) is 30.2 Å². The van der Waals surface area contributed by atoms with Crippen molar-refractivity contribution >= 4 is 22.6 Å². The van der Waals surface area contributed by atoms with Gasteiger partial charge >= 0.3 is 0 Å². The second kappa shape index (κ2) is 9.93. The van der Waals surface area contributed by atoms with Crippen molar-refractivity contribution < 1.29 is 9.90 Å². The zero-order valence-corrected chi connectivity index (χ0v) is 19.5. The molecule has 8 nitrogen and oxygen atoms in total. The van der Waals surface area contributed by atoms with Gasteiger partial charge in [-0.1, -0.05) is 32.0 Å². The lowest BCUT2D eigenvalue weighted by Gasteiger charge is -2.30. The Morgan fingerprint density at radius 2 is 1.88 bits per heavy atom. The number of carbonyl (C=O) groups is 1. The predicted octanol–water partition coefficient (Wildman–Crippen LogP) is 3.72. The van der Waals surface area contributed by atoms with Crippen LogP contribution in [0.2, 0.25) is 0 Å². The highest BCUT2D eigenvalue weighted by molar-refractivity contribution is 6.06. The number of aromatic nitrogens is 4. The molecule has 0 bridgehead atoms. The van der Waals surface area contributed by atoms with Crippen LogP contribution in [0.3, 0.4) is 0 Å². The van der Waals surface area contributed by atoms with Crippen LogP contribution < -0.4 is 10.6 Å². The highest BCUT2D eigenvalue weighted by Crippen LogP contribution is 2.34. The molecule has 0 aliphatic heterocycles. The molecule has 0 saturated heterocycles. The molecule has 3 N–H and O–H groups in total. The maximum absolute atomic E-state index is 12.4. The molecule has 1 amide bonds. The lowest BCUT2D eigenvalue weighted by molar-refractivity contribution is 0.0964. The molecule has 0 aliphatic rings. The Morgan fingerprint density at radius 1 is 1.06 bits per heavy atom. The molecular weight excluding hydrogens is 428 g/mol. The Bertz CT molecular complexity index is 1330. The third-order valence-electron chi connectivity index (χ3n) is 6.27. The SMILES string of the molecule is CC[C@](C)(CNc1cc(-c2ccnc(CO)c2)ncn1)c1cccc2c(C(=O)NC)ccnc12. The van der Waals surface area contributed by atoms with E-state index in [0.29, 0.717) is 23.6 Å². The molecule has 3 aromatic heterocycles. The average molecular weight is 457 g/mol. The van der Waals surface area contributed by atoms with E-state index in [2.05, 4.69) is 50.5 Å². The van der Waals surface area contributed by atoms with Crippen molar-refractivity contribution in [3.05, 3.63) is 78.0 Å². The smallest absolute Gasteiger partial charge is 0.251 e. The van der Waals surface area contributed by atoms with Crippen molar-refractivity contribution in [3.63, 3.8) is 0 Å². The van der Waals surface area contributed by atoms with Gasteiger partial charge in [0.15, 0.2) is 0 Å². The number of nitrogens with zero attached hydrogens (tertiary/aromatic N) is 4. The van der Waals surface area contributed by atoms with Crippen LogP contribution in [-0.4, -0.2) is 44.5 Å². The van der Waals surface area contributed by atoms with Crippen LogP contribution in [0.4, 0.5) is 5.82 Å². The molecule has 174 valence electrons. The maximum atomic E-state index is 12.4. The van der Waals surface area contributed by atoms with Crippen molar-refractivity contribution in [2.24, 2.45) is 0 Å². The lowest BCUT2D eigenvalue weighted by Crippen LogP contribution is -2.31. The van der Waals surface area contributed by atoms with E-state index in [4.69, 9.17) is 0 Å². The highest BCUT2D eigenvalue weighted by Gasteiger charge is 2.28. The van der Waals surface area contributed by atoms with E-state index in [9.17, 15) is 9.90 Å². The molecule has 0 saturated carbocycles. The van der Waals surface area contributed by atoms with E-state index in [1.165, 1.54) is 6.33 Å². The third kappa shape index (κ3) is 4.58. The molecule has 0 spiro atoms. The number of rotatable bonds is 8. The number of pyridine rings is 2. The molecule has 34 heavy (non-hydrogen) atoms. The first-order valence-electron chi connectivity index (χ1n) is 11.2. The zero-order chi connectivity index (χ0) is 24.1. The minimum atomic E-state index is -0.264. The van der Waals surface area contributed by atoms with Crippen LogP contribution in [0.15, 0.2) is 61.2 Å². The number of benzene rings is 1. The van der Waals surface area contributed by atoms with Crippen LogP contribution in [0.5, 0.6) is 0 Å². The fourth-order valence-electron chi connectivity index (χ4n) is 4.03. The van der Waals surface area contributed by atoms with Crippen LogP contribution in [0.1, 0.15) is 41.9 Å². The summed E-state index contributed by atoms with van der Waals surface area (Å²) in [4.78, 5) is 29.9. The summed E-state index contributed by atoms with van der Waals surface area (Å²) in [6.07, 6.45) is 5.72. The van der Waals surface area contributed by atoms with Gasteiger partial charge in [0.2, 0.25) is 0 Å². The summed E-state index contributed by atoms with van der Waals surface area (Å²) in [6.45, 7) is 4.81. The zero-order valence-electron chi connectivity index (χ0n) is 19.5. The molecule has 8 heteroatoms. The van der Waals surface area contributed by atoms with Crippen molar-refractivity contribution in [3.8, 4) is 11.3 Å². The molecule has 3 heterocycles. The Balaban J connectivity index is 1.64. The molecule has 4 rings (SSSR count). The summed E-state index contributed by atoms with van der Waals surface area (Å²) in [6, 6.07) is 13.3. The van der Waals surface area contributed by atoms with Crippen molar-refractivity contribution in [1.29, 1.82) is 0 Å². The van der Waals surface area contributed by atoms with Crippen molar-refractivity contribution in [2.75, 3.05) is 18.9 Å². The second-order valence-electron chi connectivity index (χ2n) is 8.39. The summed E-state index contributed by atoms with van der Waals surface area (Å²) in [7, 11) is 1.63. The second-order valence-corrected chi connectivity index (χ2v) is 8.39. The van der Waals surface area contributed by atoms with Gasteiger partial charge in [-0.3, -0.25) is 14.8 Å². The predicted molar refractivity (Wildman–Crippen MR) is 132 cm³/mol. The number of para-hydroxylation sites is 1. The Labute approximate surface area is 198 Å². The first kappa shape index (κ1) is 23.3. The largest absolute Gasteiger partial charge is 0.390 e. The van der Waals surface area contributed by atoms with E-state index in [1.807, 2.05) is 30.3 Å². The van der Waals surface area contributed by atoms with E-state index >= 15 is 0 Å². The van der Waals surface area contributed by atoms with Gasteiger partial charge in [0.05, 0.1) is 29.1 Å². The molecule has 0 radical (unpaired) electrons. The first-order chi connectivity index (χ1) is 16.5. The number of amides is 1. The number of carbonyl (C=O) groups excluding carboxylic acids is 1. The van der Waals surface area contributed by atoms with Gasteiger partial charge in [-0.15, -0.1) is 0 Å². The van der Waals surface area contributed by atoms with Gasteiger partial charge < -0.3 is 15.7 Å². The minimum absolute atomic E-state index is 0.125. The summed E-state index contributed by atoms with van der Waals surface area (Å²) < 4.78 is 0. The summed E-state index contributed by atoms with van der Waals surface area (Å²) >= 11 is 0. The van der Waals surface area contributed by atoms with Crippen molar-refractivity contribution in [1.82, 2.24) is 25.3 Å². The van der Waals surface area contributed by atoms with Crippen LogP contribution in [-0.2, 0) is 12.0 Å². The molecule has 4 aromatic rings. The van der Waals surface area contributed by atoms with Gasteiger partial charge in [0.1, 0.15) is 12.1 Å². The topological polar surface area (TPSA) is 113 Å². The van der Waals surface area contributed by atoms with Gasteiger partial charge in [-0.25, -0.2) is 9.97 Å². The fourth-order valence-corrected chi connectivity index (χ4v) is 4.03. The van der Waals surface area contributed by atoms with Gasteiger partial charge in [0, 0.05) is 48.4 Å². The van der Waals surface area contributed by atoms with Gasteiger partial charge in [-0.2, -0.15) is 0 Å². The molecule has 1 atom stereocenters.